The summed E-state index contributed by atoms with van der Waals surface area (Å²) in [5.74, 6) is -0.734. The van der Waals surface area contributed by atoms with Gasteiger partial charge in [-0.2, -0.15) is 5.26 Å². The normalized spacial score (nSPS) is 16.9. The molecule has 1 aromatic rings. The van der Waals surface area contributed by atoms with Crippen molar-refractivity contribution in [1.82, 2.24) is 9.80 Å². The van der Waals surface area contributed by atoms with E-state index >= 15 is 0 Å². The largest absolute Gasteiger partial charge is 0.444 e. The van der Waals surface area contributed by atoms with Crippen LogP contribution >= 0.6 is 0 Å². The Morgan fingerprint density at radius 1 is 1.28 bits per heavy atom. The van der Waals surface area contributed by atoms with E-state index in [9.17, 15) is 23.3 Å². The Kier molecular flexibility index (Phi) is 7.25. The molecule has 2 amide bonds. The van der Waals surface area contributed by atoms with E-state index in [-0.39, 0.29) is 23.7 Å². The molecule has 158 valence electrons. The minimum atomic E-state index is -3.63. The molecule has 1 unspecified atom stereocenters. The number of amides is 2. The average Bonchev–Trinajstić information content (AvgIpc) is 3.13. The summed E-state index contributed by atoms with van der Waals surface area (Å²) in [5.41, 5.74) is -0.792. The van der Waals surface area contributed by atoms with E-state index in [0.717, 1.165) is 11.3 Å². The summed E-state index contributed by atoms with van der Waals surface area (Å²) in [6.45, 7) is 5.00. The Bertz CT molecular complexity index is 872. The van der Waals surface area contributed by atoms with Gasteiger partial charge in [0.1, 0.15) is 18.2 Å². The number of rotatable bonds is 6. The monoisotopic (exact) mass is 421 g/mol. The minimum absolute atomic E-state index is 0.152. The Morgan fingerprint density at radius 3 is 2.52 bits per heavy atom. The number of hydrogen-bond acceptors (Lipinski definition) is 6. The topological polar surface area (TPSA) is 108 Å². The number of hydrogen-bond donors (Lipinski definition) is 0. The first-order chi connectivity index (χ1) is 13.5. The summed E-state index contributed by atoms with van der Waals surface area (Å²) >= 11 is 0. The van der Waals surface area contributed by atoms with Crippen LogP contribution in [0.4, 0.5) is 4.79 Å². The molecular weight excluding hydrogens is 394 g/mol. The summed E-state index contributed by atoms with van der Waals surface area (Å²) in [6.07, 6.45) is 0.553. The van der Waals surface area contributed by atoms with Crippen LogP contribution in [0.15, 0.2) is 35.2 Å². The number of ether oxygens (including phenoxy) is 1. The summed E-state index contributed by atoms with van der Waals surface area (Å²) in [5, 5.41) is 9.19. The summed E-state index contributed by atoms with van der Waals surface area (Å²) in [6, 6.07) is 9.50. The Hall–Kier alpha value is -2.60. The van der Waals surface area contributed by atoms with Crippen LogP contribution in [0.5, 0.6) is 0 Å². The van der Waals surface area contributed by atoms with Gasteiger partial charge in [-0.1, -0.05) is 18.2 Å². The van der Waals surface area contributed by atoms with Crippen molar-refractivity contribution in [3.8, 4) is 6.07 Å². The van der Waals surface area contributed by atoms with Gasteiger partial charge in [0.05, 0.1) is 16.7 Å². The molecule has 8 nitrogen and oxygen atoms in total. The number of sulfone groups is 1. The molecule has 0 aromatic heterocycles. The lowest BCUT2D eigenvalue weighted by Crippen LogP contribution is -2.47. The fourth-order valence-electron chi connectivity index (χ4n) is 2.99. The lowest BCUT2D eigenvalue weighted by Gasteiger charge is -2.29. The van der Waals surface area contributed by atoms with Crippen LogP contribution in [0.3, 0.4) is 0 Å². The zero-order valence-corrected chi connectivity index (χ0v) is 17.8. The fraction of sp³-hybridized carbons (Fsp3) is 0.550. The highest BCUT2D eigenvalue weighted by molar-refractivity contribution is 7.91. The molecule has 0 saturated carbocycles. The summed E-state index contributed by atoms with van der Waals surface area (Å²) in [4.78, 5) is 27.9. The summed E-state index contributed by atoms with van der Waals surface area (Å²) < 4.78 is 30.5. The van der Waals surface area contributed by atoms with Crippen molar-refractivity contribution < 1.29 is 22.7 Å². The third kappa shape index (κ3) is 6.46. The summed E-state index contributed by atoms with van der Waals surface area (Å²) in [7, 11) is -3.63. The maximum atomic E-state index is 12.7. The van der Waals surface area contributed by atoms with Crippen molar-refractivity contribution in [3.05, 3.63) is 30.3 Å². The molecule has 29 heavy (non-hydrogen) atoms. The molecule has 1 saturated heterocycles. The van der Waals surface area contributed by atoms with Gasteiger partial charge in [-0.3, -0.25) is 9.69 Å². The average molecular weight is 422 g/mol. The number of nitriles is 1. The molecule has 1 aliphatic rings. The molecule has 1 heterocycles. The van der Waals surface area contributed by atoms with Crippen molar-refractivity contribution in [2.45, 2.75) is 50.2 Å². The van der Waals surface area contributed by atoms with E-state index in [0.29, 0.717) is 13.0 Å². The van der Waals surface area contributed by atoms with Gasteiger partial charge in [-0.05, 0) is 45.7 Å². The van der Waals surface area contributed by atoms with Crippen molar-refractivity contribution in [1.29, 1.82) is 5.26 Å². The molecule has 0 bridgehead atoms. The molecule has 1 aliphatic heterocycles. The van der Waals surface area contributed by atoms with Gasteiger partial charge in [0.15, 0.2) is 9.84 Å². The Balaban J connectivity index is 2.14. The first-order valence-corrected chi connectivity index (χ1v) is 11.1. The van der Waals surface area contributed by atoms with Gasteiger partial charge in [0.25, 0.3) is 0 Å². The molecule has 1 aromatic carbocycles. The third-order valence-electron chi connectivity index (χ3n) is 4.43. The van der Waals surface area contributed by atoms with Crippen LogP contribution in [0.1, 0.15) is 33.6 Å². The van der Waals surface area contributed by atoms with Crippen LogP contribution in [0.2, 0.25) is 0 Å². The number of likely N-dealkylation sites (tertiary alicyclic amines) is 1. The van der Waals surface area contributed by atoms with Crippen LogP contribution in [-0.4, -0.2) is 67.2 Å². The minimum Gasteiger partial charge on any atom is -0.444 e. The number of nitrogens with zero attached hydrogens (tertiary/aromatic N) is 3. The Morgan fingerprint density at radius 2 is 1.93 bits per heavy atom. The molecular formula is C20H27N3O5S. The molecule has 0 aliphatic carbocycles. The molecule has 2 rings (SSSR count). The van der Waals surface area contributed by atoms with E-state index in [4.69, 9.17) is 4.74 Å². The molecule has 0 N–H and O–H groups in total. The number of carbonyl (C=O) groups is 2. The van der Waals surface area contributed by atoms with E-state index in [1.165, 1.54) is 17.0 Å². The highest BCUT2D eigenvalue weighted by Gasteiger charge is 2.32. The van der Waals surface area contributed by atoms with Crippen LogP contribution < -0.4 is 0 Å². The van der Waals surface area contributed by atoms with Crippen LogP contribution in [0.25, 0.3) is 0 Å². The predicted octanol–water partition coefficient (Wildman–Crippen LogP) is 2.21. The highest BCUT2D eigenvalue weighted by Crippen LogP contribution is 2.18. The van der Waals surface area contributed by atoms with Gasteiger partial charge in [0, 0.05) is 13.1 Å². The first kappa shape index (κ1) is 22.7. The first-order valence-electron chi connectivity index (χ1n) is 9.48. The Labute approximate surface area is 172 Å². The smallest absolute Gasteiger partial charge is 0.410 e. The van der Waals surface area contributed by atoms with Gasteiger partial charge >= 0.3 is 6.09 Å². The van der Waals surface area contributed by atoms with Crippen molar-refractivity contribution >= 4 is 21.8 Å². The number of carbonyl (C=O) groups excluding carboxylic acids is 2. The molecule has 0 spiro atoms. The quantitative estimate of drug-likeness (QED) is 0.697. The fourth-order valence-corrected chi connectivity index (χ4v) is 4.26. The second kappa shape index (κ2) is 9.27. The van der Waals surface area contributed by atoms with Gasteiger partial charge in [-0.25, -0.2) is 13.2 Å². The third-order valence-corrected chi connectivity index (χ3v) is 6.14. The van der Waals surface area contributed by atoms with E-state index in [2.05, 4.69) is 6.07 Å². The zero-order valence-electron chi connectivity index (χ0n) is 17.0. The zero-order chi connectivity index (χ0) is 21.7. The van der Waals surface area contributed by atoms with E-state index in [1.54, 1.807) is 39.0 Å². The molecule has 9 heteroatoms. The lowest BCUT2D eigenvalue weighted by atomic mass is 10.2. The van der Waals surface area contributed by atoms with Gasteiger partial charge in [-0.15, -0.1) is 0 Å². The van der Waals surface area contributed by atoms with Crippen molar-refractivity contribution in [2.75, 3.05) is 25.4 Å². The van der Waals surface area contributed by atoms with E-state index in [1.807, 2.05) is 0 Å². The van der Waals surface area contributed by atoms with Crippen molar-refractivity contribution in [2.24, 2.45) is 0 Å². The SMILES string of the molecule is CC(C)(C)OC(=O)N(CCS(=O)(=O)c1ccccc1)CC(=O)N1CCCC1C#N. The second-order valence-electron chi connectivity index (χ2n) is 7.91. The second-order valence-corrected chi connectivity index (χ2v) is 10.0. The van der Waals surface area contributed by atoms with Crippen LogP contribution in [-0.2, 0) is 19.4 Å². The maximum Gasteiger partial charge on any atom is 0.410 e. The maximum absolute atomic E-state index is 12.7. The van der Waals surface area contributed by atoms with Crippen LogP contribution in [0, 0.1) is 11.3 Å². The predicted molar refractivity (Wildman–Crippen MR) is 107 cm³/mol. The lowest BCUT2D eigenvalue weighted by molar-refractivity contribution is -0.132. The number of benzene rings is 1. The van der Waals surface area contributed by atoms with Gasteiger partial charge < -0.3 is 9.64 Å². The van der Waals surface area contributed by atoms with Crippen molar-refractivity contribution in [3.63, 3.8) is 0 Å². The highest BCUT2D eigenvalue weighted by atomic mass is 32.2. The van der Waals surface area contributed by atoms with Gasteiger partial charge in [0.2, 0.25) is 5.91 Å². The molecule has 1 fully saturated rings. The molecule has 1 atom stereocenters. The van der Waals surface area contributed by atoms with E-state index < -0.39 is 33.5 Å². The molecule has 0 radical (unpaired) electrons. The standard InChI is InChI=1S/C20H27N3O5S/c1-20(2,3)28-19(25)22(15-18(24)23-11-7-8-16(23)14-21)12-13-29(26,27)17-9-5-4-6-10-17/h4-6,9-10,16H,7-8,11-13,15H2,1-3H3.